The predicted octanol–water partition coefficient (Wildman–Crippen LogP) is 1.93. The number of carbonyl (C=O) groups excluding carboxylic acids is 2. The molecule has 4 rings (SSSR count). The molecule has 3 heterocycles. The Kier molecular flexibility index (Phi) is 4.01. The van der Waals surface area contributed by atoms with E-state index in [2.05, 4.69) is 4.98 Å². The molecule has 0 N–H and O–H groups in total. The number of carbonyl (C=O) groups is 2. The quantitative estimate of drug-likeness (QED) is 0.820. The number of amides is 2. The van der Waals surface area contributed by atoms with Crippen molar-refractivity contribution >= 4 is 28.8 Å². The zero-order valence-electron chi connectivity index (χ0n) is 13.4. The standard InChI is InChI=1S/C17H16FN3O3S/c18-12-1-3-13(4-2-12)21-10-17(24-8-15(21)22)5-6-20(9-17)16(23)14-7-19-11-25-14/h1-4,7,11H,5-6,8-10H2. The van der Waals surface area contributed by atoms with E-state index in [0.717, 1.165) is 0 Å². The monoisotopic (exact) mass is 361 g/mol. The highest BCUT2D eigenvalue weighted by Crippen LogP contribution is 2.33. The lowest BCUT2D eigenvalue weighted by Gasteiger charge is -2.40. The van der Waals surface area contributed by atoms with Gasteiger partial charge in [-0.3, -0.25) is 14.6 Å². The number of anilines is 1. The number of hydrogen-bond donors (Lipinski definition) is 0. The first-order valence-corrected chi connectivity index (χ1v) is 8.82. The van der Waals surface area contributed by atoms with E-state index in [4.69, 9.17) is 4.74 Å². The summed E-state index contributed by atoms with van der Waals surface area (Å²) in [4.78, 5) is 32.6. The number of morpholine rings is 1. The Hall–Kier alpha value is -2.32. The summed E-state index contributed by atoms with van der Waals surface area (Å²) in [6.45, 7) is 1.31. The molecule has 6 nitrogen and oxygen atoms in total. The van der Waals surface area contributed by atoms with E-state index in [1.54, 1.807) is 33.6 Å². The summed E-state index contributed by atoms with van der Waals surface area (Å²) < 4.78 is 19.0. The number of thiazole rings is 1. The van der Waals surface area contributed by atoms with Gasteiger partial charge in [0, 0.05) is 12.2 Å². The Morgan fingerprint density at radius 3 is 2.80 bits per heavy atom. The molecule has 1 spiro atoms. The summed E-state index contributed by atoms with van der Waals surface area (Å²) in [5.74, 6) is -0.570. The van der Waals surface area contributed by atoms with Crippen molar-refractivity contribution in [2.45, 2.75) is 12.0 Å². The number of halogens is 1. The third kappa shape index (κ3) is 3.03. The molecule has 2 amide bonds. The maximum Gasteiger partial charge on any atom is 0.265 e. The molecule has 8 heteroatoms. The van der Waals surface area contributed by atoms with Gasteiger partial charge in [-0.2, -0.15) is 0 Å². The maximum absolute atomic E-state index is 13.1. The van der Waals surface area contributed by atoms with Crippen molar-refractivity contribution in [3.8, 4) is 0 Å². The Morgan fingerprint density at radius 2 is 2.08 bits per heavy atom. The van der Waals surface area contributed by atoms with Crippen molar-refractivity contribution in [3.63, 3.8) is 0 Å². The lowest BCUT2D eigenvalue weighted by molar-refractivity contribution is -0.137. The highest BCUT2D eigenvalue weighted by atomic mass is 32.1. The minimum Gasteiger partial charge on any atom is -0.361 e. The van der Waals surface area contributed by atoms with E-state index in [-0.39, 0.29) is 24.2 Å². The maximum atomic E-state index is 13.1. The number of aromatic nitrogens is 1. The van der Waals surface area contributed by atoms with Gasteiger partial charge in [0.25, 0.3) is 11.8 Å². The fraction of sp³-hybridized carbons (Fsp3) is 0.353. The van der Waals surface area contributed by atoms with Gasteiger partial charge in [0.1, 0.15) is 22.9 Å². The molecule has 0 bridgehead atoms. The number of benzene rings is 1. The van der Waals surface area contributed by atoms with Gasteiger partial charge < -0.3 is 14.5 Å². The Bertz CT molecular complexity index is 796. The van der Waals surface area contributed by atoms with Crippen LogP contribution in [0.25, 0.3) is 0 Å². The zero-order chi connectivity index (χ0) is 17.4. The van der Waals surface area contributed by atoms with Gasteiger partial charge in [-0.15, -0.1) is 11.3 Å². The zero-order valence-corrected chi connectivity index (χ0v) is 14.2. The van der Waals surface area contributed by atoms with E-state index < -0.39 is 5.60 Å². The highest BCUT2D eigenvalue weighted by molar-refractivity contribution is 7.11. The average Bonchev–Trinajstić information content (AvgIpc) is 3.28. The summed E-state index contributed by atoms with van der Waals surface area (Å²) in [6.07, 6.45) is 2.22. The smallest absolute Gasteiger partial charge is 0.265 e. The van der Waals surface area contributed by atoms with Crippen LogP contribution in [0, 0.1) is 5.82 Å². The molecule has 1 unspecified atom stereocenters. The van der Waals surface area contributed by atoms with Crippen molar-refractivity contribution in [2.75, 3.05) is 31.1 Å². The van der Waals surface area contributed by atoms with Crippen LogP contribution in [0.2, 0.25) is 0 Å². The third-order valence-electron chi connectivity index (χ3n) is 4.63. The molecule has 0 radical (unpaired) electrons. The summed E-state index contributed by atoms with van der Waals surface area (Å²) in [5, 5.41) is 0. The molecular formula is C17H16FN3O3S. The predicted molar refractivity (Wildman–Crippen MR) is 90.1 cm³/mol. The van der Waals surface area contributed by atoms with Crippen LogP contribution in [-0.4, -0.2) is 53.5 Å². The van der Waals surface area contributed by atoms with Crippen LogP contribution in [0.5, 0.6) is 0 Å². The normalized spacial score (nSPS) is 23.5. The third-order valence-corrected chi connectivity index (χ3v) is 5.40. The van der Waals surface area contributed by atoms with Gasteiger partial charge in [-0.1, -0.05) is 0 Å². The van der Waals surface area contributed by atoms with E-state index in [1.807, 2.05) is 0 Å². The highest BCUT2D eigenvalue weighted by Gasteiger charge is 2.46. The largest absolute Gasteiger partial charge is 0.361 e. The number of likely N-dealkylation sites (tertiary alicyclic amines) is 1. The minimum atomic E-state index is -0.581. The molecule has 130 valence electrons. The first-order chi connectivity index (χ1) is 12.1. The van der Waals surface area contributed by atoms with Crippen LogP contribution in [-0.2, 0) is 9.53 Å². The van der Waals surface area contributed by atoms with Gasteiger partial charge >= 0.3 is 0 Å². The molecule has 0 saturated carbocycles. The van der Waals surface area contributed by atoms with Crippen molar-refractivity contribution in [3.05, 3.63) is 46.7 Å². The molecule has 2 saturated heterocycles. The van der Waals surface area contributed by atoms with Gasteiger partial charge in [0.15, 0.2) is 0 Å². The molecule has 2 aliphatic heterocycles. The van der Waals surface area contributed by atoms with Crippen LogP contribution in [0.4, 0.5) is 10.1 Å². The average molecular weight is 361 g/mol. The van der Waals surface area contributed by atoms with Crippen molar-refractivity contribution in [2.24, 2.45) is 0 Å². The molecule has 2 aliphatic rings. The van der Waals surface area contributed by atoms with E-state index >= 15 is 0 Å². The topological polar surface area (TPSA) is 62.7 Å². The van der Waals surface area contributed by atoms with Crippen LogP contribution in [0.3, 0.4) is 0 Å². The summed E-state index contributed by atoms with van der Waals surface area (Å²) in [5.41, 5.74) is 1.69. The number of nitrogens with zero attached hydrogens (tertiary/aromatic N) is 3. The minimum absolute atomic E-state index is 0.0417. The van der Waals surface area contributed by atoms with Crippen molar-refractivity contribution in [1.82, 2.24) is 9.88 Å². The molecule has 2 aromatic rings. The SMILES string of the molecule is O=C(c1cncs1)N1CCC2(C1)CN(c1ccc(F)cc1)C(=O)CO2. The lowest BCUT2D eigenvalue weighted by atomic mass is 10.00. The second-order valence-electron chi connectivity index (χ2n) is 6.27. The van der Waals surface area contributed by atoms with Gasteiger partial charge in [-0.25, -0.2) is 4.39 Å². The summed E-state index contributed by atoms with van der Waals surface area (Å²) in [6, 6.07) is 5.83. The van der Waals surface area contributed by atoms with Crippen LogP contribution in [0.1, 0.15) is 16.1 Å². The van der Waals surface area contributed by atoms with Crippen LogP contribution >= 0.6 is 11.3 Å². The summed E-state index contributed by atoms with van der Waals surface area (Å²) in [7, 11) is 0. The first kappa shape index (κ1) is 16.2. The Morgan fingerprint density at radius 1 is 1.28 bits per heavy atom. The fourth-order valence-electron chi connectivity index (χ4n) is 3.31. The molecule has 2 fully saturated rings. The molecule has 25 heavy (non-hydrogen) atoms. The lowest BCUT2D eigenvalue weighted by Crippen LogP contribution is -2.56. The molecule has 1 aromatic heterocycles. The Labute approximate surface area is 147 Å². The first-order valence-electron chi connectivity index (χ1n) is 7.94. The van der Waals surface area contributed by atoms with Gasteiger partial charge in [0.2, 0.25) is 0 Å². The van der Waals surface area contributed by atoms with Crippen LogP contribution < -0.4 is 4.90 Å². The summed E-state index contributed by atoms with van der Waals surface area (Å²) >= 11 is 1.31. The number of hydrogen-bond acceptors (Lipinski definition) is 5. The van der Waals surface area contributed by atoms with Crippen molar-refractivity contribution < 1.29 is 18.7 Å². The van der Waals surface area contributed by atoms with Crippen LogP contribution in [0.15, 0.2) is 36.0 Å². The Balaban J connectivity index is 1.52. The van der Waals surface area contributed by atoms with Gasteiger partial charge in [0.05, 0.1) is 24.8 Å². The van der Waals surface area contributed by atoms with Gasteiger partial charge in [-0.05, 0) is 30.7 Å². The molecule has 0 aliphatic carbocycles. The van der Waals surface area contributed by atoms with Crippen molar-refractivity contribution in [1.29, 1.82) is 0 Å². The van der Waals surface area contributed by atoms with E-state index in [0.29, 0.717) is 36.6 Å². The molecular weight excluding hydrogens is 345 g/mol. The molecule has 1 atom stereocenters. The van der Waals surface area contributed by atoms with E-state index in [1.165, 1.54) is 23.5 Å². The second kappa shape index (κ2) is 6.20. The second-order valence-corrected chi connectivity index (χ2v) is 7.16. The molecule has 1 aromatic carbocycles. The number of ether oxygens (including phenoxy) is 1. The number of rotatable bonds is 2. The fourth-order valence-corrected chi connectivity index (χ4v) is 3.90. The van der Waals surface area contributed by atoms with E-state index in [9.17, 15) is 14.0 Å².